The topological polar surface area (TPSA) is 18.5 Å². The van der Waals surface area contributed by atoms with Gasteiger partial charge in [-0.25, -0.2) is 0 Å². The molecule has 3 fully saturated rings. The number of likely N-dealkylation sites (tertiary alicyclic amines) is 1. The Morgan fingerprint density at radius 3 is 2.47 bits per heavy atom. The zero-order valence-electron chi connectivity index (χ0n) is 9.78. The van der Waals surface area contributed by atoms with Crippen molar-refractivity contribution >= 4 is 0 Å². The van der Waals surface area contributed by atoms with Crippen LogP contribution in [0.5, 0.6) is 0 Å². The molecule has 3 heteroatoms. The van der Waals surface area contributed by atoms with Gasteiger partial charge < -0.3 is 5.32 Å². The van der Waals surface area contributed by atoms with Gasteiger partial charge in [0.25, 0.3) is 0 Å². The highest BCUT2D eigenvalue weighted by molar-refractivity contribution is 4.97. The van der Waals surface area contributed by atoms with Crippen molar-refractivity contribution in [3.63, 3.8) is 0 Å². The molecule has 15 heavy (non-hydrogen) atoms. The van der Waals surface area contributed by atoms with Crippen LogP contribution in [0.15, 0.2) is 0 Å². The predicted molar refractivity (Wildman–Crippen MR) is 62.0 cm³/mol. The van der Waals surface area contributed by atoms with Crippen LogP contribution in [-0.2, 0) is 0 Å². The Morgan fingerprint density at radius 1 is 1.07 bits per heavy atom. The molecule has 2 atom stereocenters. The number of nitrogens with one attached hydrogen (secondary N) is 1. The van der Waals surface area contributed by atoms with Crippen LogP contribution >= 0.6 is 0 Å². The summed E-state index contributed by atoms with van der Waals surface area (Å²) in [6, 6.07) is 2.63. The van der Waals surface area contributed by atoms with Crippen LogP contribution < -0.4 is 5.32 Å². The molecule has 0 aromatic carbocycles. The molecule has 2 heterocycles. The van der Waals surface area contributed by atoms with Gasteiger partial charge in [0.05, 0.1) is 0 Å². The second-order valence-corrected chi connectivity index (χ2v) is 5.45. The Balaban J connectivity index is 1.58. The second kappa shape index (κ2) is 4.04. The zero-order chi connectivity index (χ0) is 10.3. The van der Waals surface area contributed by atoms with Crippen LogP contribution in [0.1, 0.15) is 26.2 Å². The van der Waals surface area contributed by atoms with Crippen molar-refractivity contribution in [3.05, 3.63) is 0 Å². The van der Waals surface area contributed by atoms with Crippen LogP contribution in [0.2, 0.25) is 0 Å². The van der Waals surface area contributed by atoms with Crippen molar-refractivity contribution in [1.82, 2.24) is 15.1 Å². The summed E-state index contributed by atoms with van der Waals surface area (Å²) in [6.45, 7) is 8.65. The van der Waals surface area contributed by atoms with Gasteiger partial charge in [-0.15, -0.1) is 0 Å². The van der Waals surface area contributed by atoms with Gasteiger partial charge in [0, 0.05) is 50.8 Å². The van der Waals surface area contributed by atoms with E-state index < -0.39 is 0 Å². The highest BCUT2D eigenvalue weighted by Gasteiger charge is 2.40. The normalized spacial score (nSPS) is 39.8. The van der Waals surface area contributed by atoms with Crippen molar-refractivity contribution in [2.75, 3.05) is 32.7 Å². The molecule has 0 radical (unpaired) electrons. The maximum atomic E-state index is 3.44. The molecule has 2 unspecified atom stereocenters. The largest absolute Gasteiger partial charge is 0.314 e. The SMILES string of the molecule is CC1CC(N2CCNCC2)CN1C1CC1. The van der Waals surface area contributed by atoms with E-state index in [9.17, 15) is 0 Å². The smallest absolute Gasteiger partial charge is 0.0239 e. The summed E-state index contributed by atoms with van der Waals surface area (Å²) >= 11 is 0. The van der Waals surface area contributed by atoms with Gasteiger partial charge in [-0.3, -0.25) is 9.80 Å². The minimum atomic E-state index is 0.831. The van der Waals surface area contributed by atoms with Gasteiger partial charge in [0.1, 0.15) is 0 Å². The van der Waals surface area contributed by atoms with Crippen LogP contribution in [0.25, 0.3) is 0 Å². The summed E-state index contributed by atoms with van der Waals surface area (Å²) in [4.78, 5) is 5.46. The highest BCUT2D eigenvalue weighted by Crippen LogP contribution is 2.34. The molecule has 1 aliphatic carbocycles. The fourth-order valence-corrected chi connectivity index (χ4v) is 3.25. The lowest BCUT2D eigenvalue weighted by Crippen LogP contribution is -2.49. The molecule has 0 amide bonds. The number of rotatable bonds is 2. The summed E-state index contributed by atoms with van der Waals surface area (Å²) in [5, 5.41) is 3.44. The number of piperazine rings is 1. The third kappa shape index (κ3) is 2.05. The van der Waals surface area contributed by atoms with Crippen LogP contribution in [-0.4, -0.2) is 60.6 Å². The van der Waals surface area contributed by atoms with Gasteiger partial charge in [0.15, 0.2) is 0 Å². The van der Waals surface area contributed by atoms with Gasteiger partial charge in [0.2, 0.25) is 0 Å². The van der Waals surface area contributed by atoms with E-state index in [1.54, 1.807) is 0 Å². The predicted octanol–water partition coefficient (Wildman–Crippen LogP) is 0.517. The molecule has 2 saturated heterocycles. The summed E-state index contributed by atoms with van der Waals surface area (Å²) in [6.07, 6.45) is 4.31. The lowest BCUT2D eigenvalue weighted by molar-refractivity contribution is 0.169. The van der Waals surface area contributed by atoms with E-state index in [-0.39, 0.29) is 0 Å². The first-order chi connectivity index (χ1) is 7.34. The first-order valence-corrected chi connectivity index (χ1v) is 6.55. The van der Waals surface area contributed by atoms with E-state index in [2.05, 4.69) is 22.0 Å². The van der Waals surface area contributed by atoms with Gasteiger partial charge >= 0.3 is 0 Å². The first-order valence-electron chi connectivity index (χ1n) is 6.55. The van der Waals surface area contributed by atoms with Gasteiger partial charge in [-0.05, 0) is 26.2 Å². The molecule has 0 bridgehead atoms. The first kappa shape index (κ1) is 10.1. The van der Waals surface area contributed by atoms with Crippen molar-refractivity contribution in [1.29, 1.82) is 0 Å². The summed E-state index contributed by atoms with van der Waals surface area (Å²) < 4.78 is 0. The highest BCUT2D eigenvalue weighted by atomic mass is 15.3. The molecule has 0 aromatic rings. The van der Waals surface area contributed by atoms with Crippen LogP contribution in [0.3, 0.4) is 0 Å². The van der Waals surface area contributed by atoms with Crippen LogP contribution in [0.4, 0.5) is 0 Å². The minimum absolute atomic E-state index is 0.831. The molecule has 0 spiro atoms. The second-order valence-electron chi connectivity index (χ2n) is 5.45. The van der Waals surface area contributed by atoms with Gasteiger partial charge in [-0.2, -0.15) is 0 Å². The van der Waals surface area contributed by atoms with E-state index in [1.165, 1.54) is 52.0 Å². The Hall–Kier alpha value is -0.120. The number of hydrogen-bond donors (Lipinski definition) is 1. The molecule has 0 aromatic heterocycles. The molecule has 3 aliphatic rings. The average Bonchev–Trinajstić information content (AvgIpc) is 3.04. The van der Waals surface area contributed by atoms with Gasteiger partial charge in [-0.1, -0.05) is 0 Å². The zero-order valence-corrected chi connectivity index (χ0v) is 9.78. The Labute approximate surface area is 92.8 Å². The lowest BCUT2D eigenvalue weighted by Gasteiger charge is -2.32. The fraction of sp³-hybridized carbons (Fsp3) is 1.00. The molecule has 1 saturated carbocycles. The van der Waals surface area contributed by atoms with Crippen molar-refractivity contribution in [3.8, 4) is 0 Å². The molecular weight excluding hydrogens is 186 g/mol. The Bertz CT molecular complexity index is 221. The lowest BCUT2D eigenvalue weighted by atomic mass is 10.1. The van der Waals surface area contributed by atoms with E-state index >= 15 is 0 Å². The van der Waals surface area contributed by atoms with E-state index in [0.717, 1.165) is 18.1 Å². The van der Waals surface area contributed by atoms with E-state index in [1.807, 2.05) is 0 Å². The standard InChI is InChI=1S/C12H23N3/c1-10-8-12(9-15(10)11-2-3-11)14-6-4-13-5-7-14/h10-13H,2-9H2,1H3. The molecular formula is C12H23N3. The number of nitrogens with zero attached hydrogens (tertiary/aromatic N) is 2. The Kier molecular flexibility index (Phi) is 2.71. The Morgan fingerprint density at radius 2 is 1.80 bits per heavy atom. The van der Waals surface area contributed by atoms with E-state index in [4.69, 9.17) is 0 Å². The van der Waals surface area contributed by atoms with Crippen molar-refractivity contribution in [2.45, 2.75) is 44.3 Å². The van der Waals surface area contributed by atoms with Crippen LogP contribution in [0, 0.1) is 0 Å². The third-order valence-electron chi connectivity index (χ3n) is 4.28. The third-order valence-corrected chi connectivity index (χ3v) is 4.28. The summed E-state index contributed by atoms with van der Waals surface area (Å²) in [5.74, 6) is 0. The monoisotopic (exact) mass is 209 g/mol. The summed E-state index contributed by atoms with van der Waals surface area (Å²) in [7, 11) is 0. The summed E-state index contributed by atoms with van der Waals surface area (Å²) in [5.41, 5.74) is 0. The fourth-order valence-electron chi connectivity index (χ4n) is 3.25. The maximum absolute atomic E-state index is 3.44. The molecule has 3 nitrogen and oxygen atoms in total. The van der Waals surface area contributed by atoms with E-state index in [0.29, 0.717) is 0 Å². The average molecular weight is 209 g/mol. The molecule has 2 aliphatic heterocycles. The maximum Gasteiger partial charge on any atom is 0.0239 e. The molecule has 3 rings (SSSR count). The van der Waals surface area contributed by atoms with Crippen molar-refractivity contribution in [2.24, 2.45) is 0 Å². The molecule has 1 N–H and O–H groups in total. The molecule has 86 valence electrons. The number of hydrogen-bond acceptors (Lipinski definition) is 3. The minimum Gasteiger partial charge on any atom is -0.314 e. The van der Waals surface area contributed by atoms with Crippen molar-refractivity contribution < 1.29 is 0 Å². The quantitative estimate of drug-likeness (QED) is 0.715.